The van der Waals surface area contributed by atoms with Crippen molar-refractivity contribution in [1.82, 2.24) is 5.16 Å². The van der Waals surface area contributed by atoms with Crippen LogP contribution in [0.25, 0.3) is 22.4 Å². The number of halogens is 1. The molecule has 9 heteroatoms. The number of nitrogens with two attached hydrogens (primary N) is 1. The summed E-state index contributed by atoms with van der Waals surface area (Å²) in [6.45, 7) is 0. The lowest BCUT2D eigenvalue weighted by atomic mass is 10.0. The minimum atomic E-state index is -4.06. The largest absolute Gasteiger partial charge is 0.346 e. The van der Waals surface area contributed by atoms with E-state index in [0.29, 0.717) is 26.7 Å². The molecular formula is C21H15ClN2O4S2. The molecule has 152 valence electrons. The SMILES string of the molecule is NS(=O)(=O)c1ccccc1-c1c(-c2ccccc2)noc1S(=O)c1ccc(Cl)cc1. The fourth-order valence-electron chi connectivity index (χ4n) is 3.02. The monoisotopic (exact) mass is 458 g/mol. The second kappa shape index (κ2) is 8.16. The summed E-state index contributed by atoms with van der Waals surface area (Å²) in [5.41, 5.74) is 1.61. The Morgan fingerprint density at radius 2 is 1.53 bits per heavy atom. The smallest absolute Gasteiger partial charge is 0.238 e. The minimum absolute atomic E-state index is 0.0206. The average Bonchev–Trinajstić information content (AvgIpc) is 3.19. The molecule has 30 heavy (non-hydrogen) atoms. The predicted molar refractivity (Wildman–Crippen MR) is 115 cm³/mol. The van der Waals surface area contributed by atoms with Gasteiger partial charge in [0.2, 0.25) is 15.1 Å². The Labute approximate surface area is 180 Å². The van der Waals surface area contributed by atoms with Gasteiger partial charge in [0.1, 0.15) is 16.5 Å². The van der Waals surface area contributed by atoms with Crippen molar-refractivity contribution in [3.8, 4) is 22.4 Å². The lowest BCUT2D eigenvalue weighted by Crippen LogP contribution is -2.13. The Morgan fingerprint density at radius 3 is 2.20 bits per heavy atom. The van der Waals surface area contributed by atoms with Gasteiger partial charge in [-0.1, -0.05) is 65.3 Å². The van der Waals surface area contributed by atoms with Crippen LogP contribution in [-0.2, 0) is 20.8 Å². The summed E-state index contributed by atoms with van der Waals surface area (Å²) < 4.78 is 43.3. The fraction of sp³-hybridized carbons (Fsp3) is 0. The molecule has 1 atom stereocenters. The molecule has 0 saturated heterocycles. The fourth-order valence-corrected chi connectivity index (χ4v) is 4.98. The zero-order chi connectivity index (χ0) is 21.3. The second-order valence-corrected chi connectivity index (χ2v) is 9.67. The molecule has 0 bridgehead atoms. The molecule has 2 N–H and O–H groups in total. The molecule has 0 fully saturated rings. The molecule has 4 aromatic rings. The van der Waals surface area contributed by atoms with Crippen LogP contribution in [-0.4, -0.2) is 17.8 Å². The van der Waals surface area contributed by atoms with Gasteiger partial charge in [-0.3, -0.25) is 0 Å². The quantitative estimate of drug-likeness (QED) is 0.475. The van der Waals surface area contributed by atoms with Crippen molar-refractivity contribution in [2.24, 2.45) is 5.14 Å². The maximum absolute atomic E-state index is 13.3. The number of nitrogens with zero attached hydrogens (tertiary/aromatic N) is 1. The van der Waals surface area contributed by atoms with Gasteiger partial charge in [-0.2, -0.15) is 0 Å². The molecule has 1 unspecified atom stereocenters. The Bertz CT molecular complexity index is 1340. The van der Waals surface area contributed by atoms with Gasteiger partial charge in [0.25, 0.3) is 0 Å². The molecule has 3 aromatic carbocycles. The summed E-state index contributed by atoms with van der Waals surface area (Å²) in [4.78, 5) is 0.323. The number of benzene rings is 3. The molecule has 0 radical (unpaired) electrons. The van der Waals surface area contributed by atoms with Gasteiger partial charge >= 0.3 is 0 Å². The van der Waals surface area contributed by atoms with E-state index in [0.717, 1.165) is 0 Å². The summed E-state index contributed by atoms with van der Waals surface area (Å²) in [6, 6.07) is 21.7. The van der Waals surface area contributed by atoms with Crippen molar-refractivity contribution in [3.05, 3.63) is 83.9 Å². The molecule has 1 aromatic heterocycles. The number of aromatic nitrogens is 1. The van der Waals surface area contributed by atoms with E-state index in [-0.39, 0.29) is 15.6 Å². The maximum Gasteiger partial charge on any atom is 0.238 e. The molecule has 0 spiro atoms. The summed E-state index contributed by atoms with van der Waals surface area (Å²) in [7, 11) is -5.84. The molecule has 0 aliphatic carbocycles. The standard InChI is InChI=1S/C21H15ClN2O4S2/c22-15-10-12-16(13-11-15)29(25)21-19(17-8-4-5-9-18(17)30(23,26)27)20(24-28-21)14-6-2-1-3-7-14/h1-13H,(H2,23,26,27). The van der Waals surface area contributed by atoms with Crippen molar-refractivity contribution in [2.45, 2.75) is 14.9 Å². The van der Waals surface area contributed by atoms with Crippen LogP contribution in [0.3, 0.4) is 0 Å². The summed E-state index contributed by atoms with van der Waals surface area (Å²) in [6.07, 6.45) is 0. The Morgan fingerprint density at radius 1 is 0.900 bits per heavy atom. The van der Waals surface area contributed by atoms with Crippen molar-refractivity contribution in [1.29, 1.82) is 0 Å². The summed E-state index contributed by atoms with van der Waals surface area (Å²) in [5, 5.41) is 10.1. The van der Waals surface area contributed by atoms with E-state index >= 15 is 0 Å². The second-order valence-electron chi connectivity index (χ2n) is 6.32. The van der Waals surface area contributed by atoms with Crippen molar-refractivity contribution in [2.75, 3.05) is 0 Å². The van der Waals surface area contributed by atoms with E-state index in [1.807, 2.05) is 18.2 Å². The Hall–Kier alpha value is -2.78. The number of hydrogen-bond donors (Lipinski definition) is 1. The van der Waals surface area contributed by atoms with E-state index in [1.165, 1.54) is 6.07 Å². The Balaban J connectivity index is 2.00. The van der Waals surface area contributed by atoms with Crippen LogP contribution < -0.4 is 5.14 Å². The van der Waals surface area contributed by atoms with Crippen molar-refractivity contribution >= 4 is 32.4 Å². The predicted octanol–water partition coefficient (Wildman–Crippen LogP) is 4.48. The van der Waals surface area contributed by atoms with Crippen molar-refractivity contribution < 1.29 is 17.1 Å². The van der Waals surface area contributed by atoms with Gasteiger partial charge in [-0.05, 0) is 30.3 Å². The Kier molecular flexibility index (Phi) is 5.57. The number of rotatable bonds is 5. The van der Waals surface area contributed by atoms with Gasteiger partial charge in [0.15, 0.2) is 0 Å². The van der Waals surface area contributed by atoms with Gasteiger partial charge in [0, 0.05) is 21.0 Å². The first-order valence-electron chi connectivity index (χ1n) is 8.71. The molecule has 0 saturated carbocycles. The first-order chi connectivity index (χ1) is 14.4. The highest BCUT2D eigenvalue weighted by atomic mass is 35.5. The normalized spacial score (nSPS) is 12.6. The lowest BCUT2D eigenvalue weighted by molar-refractivity contribution is 0.348. The lowest BCUT2D eigenvalue weighted by Gasteiger charge is -2.09. The molecule has 1 heterocycles. The van der Waals surface area contributed by atoms with Crippen LogP contribution in [0.15, 0.2) is 98.3 Å². The third kappa shape index (κ3) is 3.95. The number of hydrogen-bond acceptors (Lipinski definition) is 5. The van der Waals surface area contributed by atoms with Gasteiger partial charge in [0.05, 0.1) is 10.5 Å². The van der Waals surface area contributed by atoms with E-state index in [1.54, 1.807) is 54.6 Å². The molecule has 0 aliphatic rings. The highest BCUT2D eigenvalue weighted by molar-refractivity contribution is 7.89. The zero-order valence-electron chi connectivity index (χ0n) is 15.4. The van der Waals surface area contributed by atoms with E-state index in [9.17, 15) is 12.6 Å². The first kappa shape index (κ1) is 20.5. The van der Waals surface area contributed by atoms with E-state index in [2.05, 4.69) is 5.16 Å². The molecule has 0 aliphatic heterocycles. The van der Waals surface area contributed by atoms with Gasteiger partial charge < -0.3 is 4.52 Å². The van der Waals surface area contributed by atoms with E-state index < -0.39 is 20.8 Å². The highest BCUT2D eigenvalue weighted by Gasteiger charge is 2.28. The van der Waals surface area contributed by atoms with E-state index in [4.69, 9.17) is 21.3 Å². The molecular weight excluding hydrogens is 444 g/mol. The molecule has 6 nitrogen and oxygen atoms in total. The number of sulfonamides is 1. The van der Waals surface area contributed by atoms with Crippen LogP contribution in [0.4, 0.5) is 0 Å². The molecule has 4 rings (SSSR count). The van der Waals surface area contributed by atoms with Crippen LogP contribution in [0.1, 0.15) is 0 Å². The van der Waals surface area contributed by atoms with Crippen LogP contribution in [0, 0.1) is 0 Å². The van der Waals surface area contributed by atoms with Crippen LogP contribution in [0.5, 0.6) is 0 Å². The summed E-state index contributed by atoms with van der Waals surface area (Å²) >= 11 is 5.93. The zero-order valence-corrected chi connectivity index (χ0v) is 17.7. The average molecular weight is 459 g/mol. The maximum atomic E-state index is 13.3. The number of primary sulfonamides is 1. The van der Waals surface area contributed by atoms with Gasteiger partial charge in [-0.15, -0.1) is 0 Å². The van der Waals surface area contributed by atoms with Crippen molar-refractivity contribution in [3.63, 3.8) is 0 Å². The molecule has 0 amide bonds. The minimum Gasteiger partial charge on any atom is -0.346 e. The highest BCUT2D eigenvalue weighted by Crippen LogP contribution is 2.40. The topological polar surface area (TPSA) is 103 Å². The third-order valence-corrected chi connectivity index (χ3v) is 6.90. The van der Waals surface area contributed by atoms with Gasteiger partial charge in [-0.25, -0.2) is 17.8 Å². The van der Waals surface area contributed by atoms with Crippen LogP contribution >= 0.6 is 11.6 Å². The first-order valence-corrected chi connectivity index (χ1v) is 11.8. The third-order valence-electron chi connectivity index (χ3n) is 4.37. The summed E-state index contributed by atoms with van der Waals surface area (Å²) in [5.74, 6) is 0. The van der Waals surface area contributed by atoms with Crippen LogP contribution in [0.2, 0.25) is 5.02 Å².